The number of aryl methyl sites for hydroxylation is 2. The van der Waals surface area contributed by atoms with Gasteiger partial charge in [-0.25, -0.2) is 0 Å². The van der Waals surface area contributed by atoms with Crippen molar-refractivity contribution in [3.05, 3.63) is 47.3 Å². The average Bonchev–Trinajstić information content (AvgIpc) is 2.83. The number of hydrogen-bond acceptors (Lipinski definition) is 3. The fraction of sp³-hybridized carbons (Fsp3) is 0.400. The molecule has 1 unspecified atom stereocenters. The maximum Gasteiger partial charge on any atom is 0.310 e. The minimum atomic E-state index is -0.760. The molecular weight excluding hydrogens is 254 g/mol. The Morgan fingerprint density at radius 1 is 1.40 bits per heavy atom. The summed E-state index contributed by atoms with van der Waals surface area (Å²) >= 11 is 0. The van der Waals surface area contributed by atoms with E-state index in [0.29, 0.717) is 19.3 Å². The molecule has 0 bridgehead atoms. The van der Waals surface area contributed by atoms with Crippen LogP contribution >= 0.6 is 0 Å². The van der Waals surface area contributed by atoms with E-state index >= 15 is 0 Å². The van der Waals surface area contributed by atoms with Crippen LogP contribution < -0.4 is 0 Å². The molecule has 0 saturated heterocycles. The van der Waals surface area contributed by atoms with Gasteiger partial charge < -0.3 is 5.11 Å². The van der Waals surface area contributed by atoms with Crippen LogP contribution in [0.5, 0.6) is 0 Å². The Morgan fingerprint density at radius 2 is 2.15 bits per heavy atom. The number of fused-ring (bicyclic) bond motifs is 1. The lowest BCUT2D eigenvalue weighted by molar-refractivity contribution is -0.149. The minimum Gasteiger partial charge on any atom is -0.481 e. The lowest BCUT2D eigenvalue weighted by Crippen LogP contribution is -2.39. The standard InChI is InChI=1S/C15H17N3O2/c1-18-10-13(16-17-18)9-15(14(19)20)7-6-11-4-2-3-5-12(11)8-15/h2-5,10H,6-9H2,1H3,(H,19,20). The van der Waals surface area contributed by atoms with E-state index in [9.17, 15) is 9.90 Å². The molecule has 0 radical (unpaired) electrons. The van der Waals surface area contributed by atoms with E-state index in [2.05, 4.69) is 16.4 Å². The molecule has 1 aliphatic rings. The quantitative estimate of drug-likeness (QED) is 0.921. The topological polar surface area (TPSA) is 68.0 Å². The summed E-state index contributed by atoms with van der Waals surface area (Å²) in [5.41, 5.74) is 2.40. The van der Waals surface area contributed by atoms with E-state index in [1.54, 1.807) is 17.9 Å². The first-order valence-electron chi connectivity index (χ1n) is 6.74. The van der Waals surface area contributed by atoms with Crippen LogP contribution in [0.1, 0.15) is 23.2 Å². The number of carbonyl (C=O) groups is 1. The average molecular weight is 271 g/mol. The molecule has 104 valence electrons. The van der Waals surface area contributed by atoms with Gasteiger partial charge >= 0.3 is 5.97 Å². The van der Waals surface area contributed by atoms with E-state index in [0.717, 1.165) is 17.7 Å². The third kappa shape index (κ3) is 2.19. The van der Waals surface area contributed by atoms with Crippen molar-refractivity contribution in [2.45, 2.75) is 25.7 Å². The number of rotatable bonds is 3. The van der Waals surface area contributed by atoms with E-state index in [1.807, 2.05) is 18.2 Å². The number of carboxylic acid groups (broad SMARTS) is 1. The molecule has 0 saturated carbocycles. The van der Waals surface area contributed by atoms with Crippen molar-refractivity contribution < 1.29 is 9.90 Å². The van der Waals surface area contributed by atoms with Crippen LogP contribution in [0.25, 0.3) is 0 Å². The molecule has 20 heavy (non-hydrogen) atoms. The summed E-state index contributed by atoms with van der Waals surface area (Å²) in [6.45, 7) is 0. The van der Waals surface area contributed by atoms with Crippen molar-refractivity contribution in [2.24, 2.45) is 12.5 Å². The zero-order chi connectivity index (χ0) is 14.2. The second-order valence-electron chi connectivity index (χ2n) is 5.59. The fourth-order valence-corrected chi connectivity index (χ4v) is 3.03. The fourth-order valence-electron chi connectivity index (χ4n) is 3.03. The van der Waals surface area contributed by atoms with Crippen LogP contribution in [0, 0.1) is 5.41 Å². The van der Waals surface area contributed by atoms with Crippen molar-refractivity contribution in [1.29, 1.82) is 0 Å². The summed E-state index contributed by atoms with van der Waals surface area (Å²) in [7, 11) is 1.79. The molecule has 5 heteroatoms. The molecule has 1 aliphatic carbocycles. The third-order valence-electron chi connectivity index (χ3n) is 4.14. The minimum absolute atomic E-state index is 0.435. The monoisotopic (exact) mass is 271 g/mol. The van der Waals surface area contributed by atoms with Crippen LogP contribution in [0.4, 0.5) is 0 Å². The highest BCUT2D eigenvalue weighted by molar-refractivity contribution is 5.76. The highest BCUT2D eigenvalue weighted by Gasteiger charge is 2.42. The van der Waals surface area contributed by atoms with Crippen molar-refractivity contribution >= 4 is 5.97 Å². The highest BCUT2D eigenvalue weighted by Crippen LogP contribution is 2.38. The van der Waals surface area contributed by atoms with Gasteiger partial charge in [0.15, 0.2) is 0 Å². The zero-order valence-electron chi connectivity index (χ0n) is 11.4. The summed E-state index contributed by atoms with van der Waals surface area (Å²) in [6.07, 6.45) is 4.25. The summed E-state index contributed by atoms with van der Waals surface area (Å²) in [5, 5.41) is 17.7. The van der Waals surface area contributed by atoms with Crippen LogP contribution in [0.2, 0.25) is 0 Å². The first kappa shape index (κ1) is 12.8. The maximum absolute atomic E-state index is 11.8. The Balaban J connectivity index is 1.92. The van der Waals surface area contributed by atoms with Crippen LogP contribution in [-0.2, 0) is 31.1 Å². The number of aromatic nitrogens is 3. The van der Waals surface area contributed by atoms with Crippen LogP contribution in [0.15, 0.2) is 30.5 Å². The summed E-state index contributed by atoms with van der Waals surface area (Å²) < 4.78 is 1.61. The van der Waals surface area contributed by atoms with Crippen LogP contribution in [0.3, 0.4) is 0 Å². The molecule has 0 fully saturated rings. The largest absolute Gasteiger partial charge is 0.481 e. The van der Waals surface area contributed by atoms with Gasteiger partial charge in [0.05, 0.1) is 11.1 Å². The first-order chi connectivity index (χ1) is 9.59. The van der Waals surface area contributed by atoms with Gasteiger partial charge in [0.1, 0.15) is 0 Å². The Kier molecular flexibility index (Phi) is 3.04. The number of hydrogen-bond donors (Lipinski definition) is 1. The predicted molar refractivity (Wildman–Crippen MR) is 73.2 cm³/mol. The zero-order valence-corrected chi connectivity index (χ0v) is 11.4. The Bertz CT molecular complexity index is 650. The Labute approximate surface area is 117 Å². The van der Waals surface area contributed by atoms with Gasteiger partial charge in [-0.3, -0.25) is 9.48 Å². The maximum atomic E-state index is 11.8. The molecule has 1 heterocycles. The van der Waals surface area contributed by atoms with Crippen molar-refractivity contribution in [1.82, 2.24) is 15.0 Å². The van der Waals surface area contributed by atoms with Gasteiger partial charge in [-0.15, -0.1) is 5.10 Å². The summed E-state index contributed by atoms with van der Waals surface area (Å²) in [4.78, 5) is 11.8. The number of nitrogens with zero attached hydrogens (tertiary/aromatic N) is 3. The molecule has 0 spiro atoms. The van der Waals surface area contributed by atoms with Gasteiger partial charge in [0.25, 0.3) is 0 Å². The van der Waals surface area contributed by atoms with E-state index in [1.165, 1.54) is 5.56 Å². The molecule has 1 N–H and O–H groups in total. The van der Waals surface area contributed by atoms with Gasteiger partial charge in [-0.1, -0.05) is 29.5 Å². The van der Waals surface area contributed by atoms with Gasteiger partial charge in [0.2, 0.25) is 0 Å². The second kappa shape index (κ2) is 4.74. The first-order valence-corrected chi connectivity index (χ1v) is 6.74. The SMILES string of the molecule is Cn1cc(CC2(C(=O)O)CCc3ccccc3C2)nn1. The molecule has 0 amide bonds. The molecule has 0 aliphatic heterocycles. The lowest BCUT2D eigenvalue weighted by atomic mass is 9.69. The number of carboxylic acids is 1. The molecule has 2 aromatic rings. The van der Waals surface area contributed by atoms with Crippen molar-refractivity contribution in [3.8, 4) is 0 Å². The van der Waals surface area contributed by atoms with Crippen LogP contribution in [-0.4, -0.2) is 26.1 Å². The predicted octanol–water partition coefficient (Wildman–Crippen LogP) is 1.62. The molecule has 1 atom stereocenters. The third-order valence-corrected chi connectivity index (χ3v) is 4.14. The van der Waals surface area contributed by atoms with Crippen molar-refractivity contribution in [2.75, 3.05) is 0 Å². The van der Waals surface area contributed by atoms with Gasteiger partial charge in [-0.05, 0) is 30.4 Å². The van der Waals surface area contributed by atoms with Gasteiger partial charge in [0, 0.05) is 19.7 Å². The van der Waals surface area contributed by atoms with E-state index in [-0.39, 0.29) is 0 Å². The number of aliphatic carboxylic acids is 1. The number of benzene rings is 1. The van der Waals surface area contributed by atoms with Crippen molar-refractivity contribution in [3.63, 3.8) is 0 Å². The smallest absolute Gasteiger partial charge is 0.310 e. The second-order valence-corrected chi connectivity index (χ2v) is 5.59. The lowest BCUT2D eigenvalue weighted by Gasteiger charge is -2.33. The normalized spacial score (nSPS) is 21.4. The van der Waals surface area contributed by atoms with E-state index < -0.39 is 11.4 Å². The molecule has 1 aromatic carbocycles. The Morgan fingerprint density at radius 3 is 2.80 bits per heavy atom. The van der Waals surface area contributed by atoms with Gasteiger partial charge in [-0.2, -0.15) is 0 Å². The summed E-state index contributed by atoms with van der Waals surface area (Å²) in [6, 6.07) is 8.10. The molecule has 3 rings (SSSR count). The molecule has 1 aromatic heterocycles. The van der Waals surface area contributed by atoms with E-state index in [4.69, 9.17) is 0 Å². The molecule has 5 nitrogen and oxygen atoms in total. The Hall–Kier alpha value is -2.17. The summed E-state index contributed by atoms with van der Waals surface area (Å²) in [5.74, 6) is -0.738. The molecular formula is C15H17N3O2. The highest BCUT2D eigenvalue weighted by atomic mass is 16.4.